The Morgan fingerprint density at radius 3 is 2.74 bits per heavy atom. The van der Waals surface area contributed by atoms with Gasteiger partial charge in [0.2, 0.25) is 0 Å². The van der Waals surface area contributed by atoms with E-state index in [9.17, 15) is 4.79 Å². The lowest BCUT2D eigenvalue weighted by atomic mass is 10.1. The molecule has 0 N–H and O–H groups in total. The van der Waals surface area contributed by atoms with Crippen molar-refractivity contribution in [2.45, 2.75) is 13.8 Å². The normalized spacial score (nSPS) is 12.6. The van der Waals surface area contributed by atoms with Gasteiger partial charge in [-0.05, 0) is 48.7 Å². The molecule has 3 nitrogen and oxygen atoms in total. The summed E-state index contributed by atoms with van der Waals surface area (Å²) in [4.78, 5) is 18.1. The van der Waals surface area contributed by atoms with Crippen LogP contribution in [-0.4, -0.2) is 9.38 Å². The van der Waals surface area contributed by atoms with E-state index in [1.165, 1.54) is 16.9 Å². The third-order valence-corrected chi connectivity index (χ3v) is 5.44. The van der Waals surface area contributed by atoms with Crippen LogP contribution < -0.4 is 10.1 Å². The lowest BCUT2D eigenvalue weighted by Crippen LogP contribution is -2.22. The van der Waals surface area contributed by atoms with E-state index in [-0.39, 0.29) is 5.56 Å². The van der Waals surface area contributed by atoms with E-state index in [4.69, 9.17) is 11.6 Å². The van der Waals surface area contributed by atoms with Crippen molar-refractivity contribution < 1.29 is 0 Å². The van der Waals surface area contributed by atoms with Gasteiger partial charge in [-0.2, -0.15) is 0 Å². The number of fused-ring (bicyclic) bond motifs is 3. The summed E-state index contributed by atoms with van der Waals surface area (Å²) in [5.74, 6) is 0. The first-order chi connectivity index (χ1) is 11.1. The molecule has 0 aliphatic carbocycles. The molecule has 0 unspecified atom stereocenters. The fraction of sp³-hybridized carbons (Fsp3) is 0.111. The number of hydrogen-bond donors (Lipinski definition) is 0. The Balaban J connectivity index is 2.05. The van der Waals surface area contributed by atoms with E-state index in [1.54, 1.807) is 4.40 Å². The van der Waals surface area contributed by atoms with Crippen LogP contribution in [0.25, 0.3) is 22.1 Å². The number of rotatable bonds is 1. The van der Waals surface area contributed by atoms with Crippen molar-refractivity contribution in [3.8, 4) is 0 Å². The van der Waals surface area contributed by atoms with Crippen LogP contribution in [0, 0.1) is 13.8 Å². The van der Waals surface area contributed by atoms with Crippen molar-refractivity contribution in [2.24, 2.45) is 0 Å². The van der Waals surface area contributed by atoms with E-state index in [1.807, 2.05) is 49.4 Å². The molecule has 0 amide bonds. The van der Waals surface area contributed by atoms with Crippen LogP contribution in [0.1, 0.15) is 16.7 Å². The molecular weight excluding hydrogens is 328 g/mol. The highest BCUT2D eigenvalue weighted by Crippen LogP contribution is 2.22. The monoisotopic (exact) mass is 340 g/mol. The number of halogens is 1. The number of benzene rings is 2. The van der Waals surface area contributed by atoms with Crippen LogP contribution >= 0.6 is 22.9 Å². The number of imidazole rings is 1. The SMILES string of the molecule is Cc1ccc2c(nc3sc(=Cc4ccccc4Cl)c(=O)n32)c1C. The predicted octanol–water partition coefficient (Wildman–Crippen LogP) is 3.73. The van der Waals surface area contributed by atoms with Gasteiger partial charge in [0.05, 0.1) is 15.6 Å². The number of aromatic nitrogens is 2. The summed E-state index contributed by atoms with van der Waals surface area (Å²) in [6, 6.07) is 11.5. The summed E-state index contributed by atoms with van der Waals surface area (Å²) in [6.45, 7) is 4.09. The Morgan fingerprint density at radius 1 is 1.17 bits per heavy atom. The van der Waals surface area contributed by atoms with Gasteiger partial charge < -0.3 is 0 Å². The van der Waals surface area contributed by atoms with E-state index < -0.39 is 0 Å². The van der Waals surface area contributed by atoms with Gasteiger partial charge in [-0.1, -0.05) is 47.2 Å². The van der Waals surface area contributed by atoms with Crippen LogP contribution in [-0.2, 0) is 0 Å². The highest BCUT2D eigenvalue weighted by atomic mass is 35.5. The molecule has 0 atom stereocenters. The first-order valence-electron chi connectivity index (χ1n) is 7.23. The van der Waals surface area contributed by atoms with E-state index >= 15 is 0 Å². The smallest absolute Gasteiger partial charge is 0.267 e. The fourth-order valence-electron chi connectivity index (χ4n) is 2.70. The molecule has 2 aromatic heterocycles. The Hall–Kier alpha value is -2.17. The van der Waals surface area contributed by atoms with Crippen molar-refractivity contribution >= 4 is 45.0 Å². The molecule has 2 aromatic carbocycles. The Labute approximate surface area is 141 Å². The molecule has 0 bridgehead atoms. The topological polar surface area (TPSA) is 34.4 Å². The minimum atomic E-state index is -0.0457. The van der Waals surface area contributed by atoms with Crippen molar-refractivity contribution in [1.29, 1.82) is 0 Å². The van der Waals surface area contributed by atoms with Gasteiger partial charge >= 0.3 is 0 Å². The van der Waals surface area contributed by atoms with Gasteiger partial charge in [0, 0.05) is 5.02 Å². The summed E-state index contributed by atoms with van der Waals surface area (Å²) < 4.78 is 2.33. The highest BCUT2D eigenvalue weighted by molar-refractivity contribution is 7.15. The zero-order chi connectivity index (χ0) is 16.1. The van der Waals surface area contributed by atoms with Crippen molar-refractivity contribution in [2.75, 3.05) is 0 Å². The van der Waals surface area contributed by atoms with E-state index in [0.29, 0.717) is 9.55 Å². The second kappa shape index (κ2) is 5.18. The molecule has 0 radical (unpaired) electrons. The molecule has 4 rings (SSSR count). The van der Waals surface area contributed by atoms with Crippen molar-refractivity contribution in [1.82, 2.24) is 9.38 Å². The second-order valence-electron chi connectivity index (χ2n) is 5.54. The van der Waals surface area contributed by atoms with Gasteiger partial charge in [0.1, 0.15) is 0 Å². The molecule has 0 fully saturated rings. The predicted molar refractivity (Wildman–Crippen MR) is 96.6 cm³/mol. The maximum Gasteiger partial charge on any atom is 0.274 e. The number of nitrogens with zero attached hydrogens (tertiary/aromatic N) is 2. The lowest BCUT2D eigenvalue weighted by Gasteiger charge is -1.99. The third-order valence-electron chi connectivity index (χ3n) is 4.13. The van der Waals surface area contributed by atoms with Gasteiger partial charge in [-0.15, -0.1) is 0 Å². The van der Waals surface area contributed by atoms with E-state index in [2.05, 4.69) is 11.9 Å². The lowest BCUT2D eigenvalue weighted by molar-refractivity contribution is 1.19. The highest BCUT2D eigenvalue weighted by Gasteiger charge is 2.13. The average Bonchev–Trinajstić information content (AvgIpc) is 3.04. The zero-order valence-electron chi connectivity index (χ0n) is 12.6. The molecule has 4 aromatic rings. The molecule has 0 spiro atoms. The Kier molecular flexibility index (Phi) is 3.25. The molecule has 114 valence electrons. The first kappa shape index (κ1) is 14.4. The van der Waals surface area contributed by atoms with Gasteiger partial charge in [0.15, 0.2) is 4.96 Å². The van der Waals surface area contributed by atoms with Crippen LogP contribution in [0.4, 0.5) is 0 Å². The summed E-state index contributed by atoms with van der Waals surface area (Å²) >= 11 is 7.57. The van der Waals surface area contributed by atoms with E-state index in [0.717, 1.165) is 27.1 Å². The summed E-state index contributed by atoms with van der Waals surface area (Å²) in [6.07, 6.45) is 1.83. The van der Waals surface area contributed by atoms with Gasteiger partial charge in [-0.3, -0.25) is 4.79 Å². The van der Waals surface area contributed by atoms with Crippen LogP contribution in [0.3, 0.4) is 0 Å². The first-order valence-corrected chi connectivity index (χ1v) is 8.43. The number of aryl methyl sites for hydroxylation is 2. The molecular formula is C18H13ClN2OS. The number of hydrogen-bond acceptors (Lipinski definition) is 3. The maximum atomic E-state index is 12.8. The van der Waals surface area contributed by atoms with Crippen molar-refractivity contribution in [3.63, 3.8) is 0 Å². The average molecular weight is 341 g/mol. The quantitative estimate of drug-likeness (QED) is 0.529. The van der Waals surface area contributed by atoms with Crippen LogP contribution in [0.2, 0.25) is 5.02 Å². The Bertz CT molecular complexity index is 1170. The minimum Gasteiger partial charge on any atom is -0.267 e. The molecule has 5 heteroatoms. The third kappa shape index (κ3) is 2.18. The van der Waals surface area contributed by atoms with Crippen LogP contribution in [0.5, 0.6) is 0 Å². The molecule has 23 heavy (non-hydrogen) atoms. The molecule has 0 aliphatic heterocycles. The zero-order valence-corrected chi connectivity index (χ0v) is 14.2. The molecule has 0 saturated carbocycles. The van der Waals surface area contributed by atoms with Gasteiger partial charge in [-0.25, -0.2) is 9.38 Å². The largest absolute Gasteiger partial charge is 0.274 e. The summed E-state index contributed by atoms with van der Waals surface area (Å²) in [5.41, 5.74) is 4.86. The standard InChI is InChI=1S/C18H13ClN2OS/c1-10-7-8-14-16(11(10)2)20-18-21(14)17(22)15(23-18)9-12-5-3-4-6-13(12)19/h3-9H,1-2H3. The molecule has 0 saturated heterocycles. The minimum absolute atomic E-state index is 0.0457. The number of thiazole rings is 1. The molecule has 0 aliphatic rings. The van der Waals surface area contributed by atoms with Crippen molar-refractivity contribution in [3.05, 3.63) is 73.0 Å². The van der Waals surface area contributed by atoms with Gasteiger partial charge in [0.25, 0.3) is 5.56 Å². The van der Waals surface area contributed by atoms with Crippen LogP contribution in [0.15, 0.2) is 41.2 Å². The summed E-state index contributed by atoms with van der Waals surface area (Å²) in [7, 11) is 0. The maximum absolute atomic E-state index is 12.8. The molecule has 2 heterocycles. The summed E-state index contributed by atoms with van der Waals surface area (Å²) in [5, 5.41) is 0.634. The fourth-order valence-corrected chi connectivity index (χ4v) is 3.86. The Morgan fingerprint density at radius 2 is 1.96 bits per heavy atom. The second-order valence-corrected chi connectivity index (χ2v) is 6.96.